The van der Waals surface area contributed by atoms with Crippen LogP contribution < -0.4 is 4.90 Å². The third-order valence-electron chi connectivity index (χ3n) is 2.57. The zero-order chi connectivity index (χ0) is 13.3. The van der Waals surface area contributed by atoms with Crippen molar-refractivity contribution in [3.05, 3.63) is 28.2 Å². The SMILES string of the molecule is COCC(=O)CN1C(=O)C(=O)c2cc(Br)ccc21. The number of anilines is 1. The smallest absolute Gasteiger partial charge is 0.299 e. The van der Waals surface area contributed by atoms with Crippen molar-refractivity contribution in [2.24, 2.45) is 0 Å². The van der Waals surface area contributed by atoms with E-state index in [0.717, 1.165) is 0 Å². The average Bonchev–Trinajstić information content (AvgIpc) is 2.55. The average molecular weight is 312 g/mol. The molecule has 5 nitrogen and oxygen atoms in total. The minimum atomic E-state index is -0.674. The number of Topliss-reactive ketones (excluding diaryl/α,β-unsaturated/α-hetero) is 2. The number of hydrogen-bond donors (Lipinski definition) is 0. The molecule has 0 N–H and O–H groups in total. The fraction of sp³-hybridized carbons (Fsp3) is 0.250. The summed E-state index contributed by atoms with van der Waals surface area (Å²) in [6, 6.07) is 4.94. The van der Waals surface area contributed by atoms with Crippen LogP contribution in [0.3, 0.4) is 0 Å². The first kappa shape index (κ1) is 12.9. The molecule has 1 heterocycles. The van der Waals surface area contributed by atoms with Crippen LogP contribution >= 0.6 is 15.9 Å². The highest BCUT2D eigenvalue weighted by molar-refractivity contribution is 9.10. The molecule has 1 aromatic carbocycles. The summed E-state index contributed by atoms with van der Waals surface area (Å²) in [5.41, 5.74) is 0.789. The summed E-state index contributed by atoms with van der Waals surface area (Å²) in [4.78, 5) is 36.2. The molecular formula is C12H10BrNO4. The molecule has 0 saturated carbocycles. The van der Waals surface area contributed by atoms with Crippen molar-refractivity contribution in [2.75, 3.05) is 25.2 Å². The summed E-state index contributed by atoms with van der Waals surface area (Å²) in [5.74, 6) is -1.52. The predicted octanol–water partition coefficient (Wildman–Crippen LogP) is 1.19. The topological polar surface area (TPSA) is 63.7 Å². The van der Waals surface area contributed by atoms with E-state index in [1.165, 1.54) is 12.0 Å². The lowest BCUT2D eigenvalue weighted by atomic mass is 10.1. The Balaban J connectivity index is 2.31. The second-order valence-electron chi connectivity index (χ2n) is 3.85. The van der Waals surface area contributed by atoms with Crippen molar-refractivity contribution >= 4 is 39.1 Å². The van der Waals surface area contributed by atoms with Crippen molar-refractivity contribution in [3.63, 3.8) is 0 Å². The van der Waals surface area contributed by atoms with E-state index in [0.29, 0.717) is 15.7 Å². The van der Waals surface area contributed by atoms with Crippen LogP contribution in [-0.2, 0) is 14.3 Å². The monoisotopic (exact) mass is 311 g/mol. The van der Waals surface area contributed by atoms with Gasteiger partial charge in [0.15, 0.2) is 5.78 Å². The molecule has 94 valence electrons. The van der Waals surface area contributed by atoms with Crippen molar-refractivity contribution < 1.29 is 19.1 Å². The van der Waals surface area contributed by atoms with Gasteiger partial charge in [0.1, 0.15) is 6.61 Å². The molecule has 6 heteroatoms. The van der Waals surface area contributed by atoms with Gasteiger partial charge in [-0.25, -0.2) is 0 Å². The predicted molar refractivity (Wildman–Crippen MR) is 67.7 cm³/mol. The Bertz CT molecular complexity index is 541. The normalized spacial score (nSPS) is 14.0. The molecule has 1 aliphatic rings. The first-order chi connectivity index (χ1) is 8.54. The van der Waals surface area contributed by atoms with E-state index in [2.05, 4.69) is 15.9 Å². The molecule has 1 aromatic rings. The Hall–Kier alpha value is -1.53. The first-order valence-electron chi connectivity index (χ1n) is 5.21. The van der Waals surface area contributed by atoms with Crippen molar-refractivity contribution in [2.45, 2.75) is 0 Å². The number of ketones is 2. The zero-order valence-electron chi connectivity index (χ0n) is 9.60. The Morgan fingerprint density at radius 2 is 2.11 bits per heavy atom. The number of nitrogens with zero attached hydrogens (tertiary/aromatic N) is 1. The minimum Gasteiger partial charge on any atom is -0.377 e. The largest absolute Gasteiger partial charge is 0.377 e. The van der Waals surface area contributed by atoms with Gasteiger partial charge < -0.3 is 4.74 Å². The fourth-order valence-corrected chi connectivity index (χ4v) is 2.17. The third kappa shape index (κ3) is 2.21. The van der Waals surface area contributed by atoms with Gasteiger partial charge in [-0.1, -0.05) is 15.9 Å². The van der Waals surface area contributed by atoms with E-state index < -0.39 is 11.7 Å². The number of carbonyl (C=O) groups excluding carboxylic acids is 3. The van der Waals surface area contributed by atoms with Gasteiger partial charge in [-0.3, -0.25) is 19.3 Å². The molecule has 0 aromatic heterocycles. The molecule has 0 atom stereocenters. The van der Waals surface area contributed by atoms with Crippen LogP contribution in [0.1, 0.15) is 10.4 Å². The quantitative estimate of drug-likeness (QED) is 0.784. The summed E-state index contributed by atoms with van der Waals surface area (Å²) in [6.45, 7) is -0.225. The van der Waals surface area contributed by atoms with Crippen molar-refractivity contribution in [1.29, 1.82) is 0 Å². The molecule has 0 aliphatic carbocycles. The van der Waals surface area contributed by atoms with Gasteiger partial charge in [0, 0.05) is 11.6 Å². The van der Waals surface area contributed by atoms with Crippen molar-refractivity contribution in [1.82, 2.24) is 0 Å². The third-order valence-corrected chi connectivity index (χ3v) is 3.07. The number of amides is 1. The Labute approximate surface area is 112 Å². The second-order valence-corrected chi connectivity index (χ2v) is 4.77. The number of benzene rings is 1. The van der Waals surface area contributed by atoms with E-state index in [1.807, 2.05) is 0 Å². The lowest BCUT2D eigenvalue weighted by Gasteiger charge is -2.15. The molecule has 0 radical (unpaired) electrons. The lowest BCUT2D eigenvalue weighted by Crippen LogP contribution is -2.35. The highest BCUT2D eigenvalue weighted by Crippen LogP contribution is 2.31. The van der Waals surface area contributed by atoms with E-state index in [-0.39, 0.29) is 18.9 Å². The Morgan fingerprint density at radius 3 is 2.78 bits per heavy atom. The number of methoxy groups -OCH3 is 1. The van der Waals surface area contributed by atoms with Gasteiger partial charge in [-0.15, -0.1) is 0 Å². The van der Waals surface area contributed by atoms with Crippen LogP contribution in [0.5, 0.6) is 0 Å². The van der Waals surface area contributed by atoms with E-state index >= 15 is 0 Å². The zero-order valence-corrected chi connectivity index (χ0v) is 11.2. The Morgan fingerprint density at radius 1 is 1.39 bits per heavy atom. The highest BCUT2D eigenvalue weighted by atomic mass is 79.9. The van der Waals surface area contributed by atoms with Gasteiger partial charge in [-0.2, -0.15) is 0 Å². The molecule has 2 rings (SSSR count). The molecule has 0 bridgehead atoms. The van der Waals surface area contributed by atoms with Crippen LogP contribution in [0, 0.1) is 0 Å². The molecule has 0 spiro atoms. The van der Waals surface area contributed by atoms with Gasteiger partial charge in [0.25, 0.3) is 11.7 Å². The molecule has 1 amide bonds. The molecule has 0 unspecified atom stereocenters. The van der Waals surface area contributed by atoms with Crippen molar-refractivity contribution in [3.8, 4) is 0 Å². The lowest BCUT2D eigenvalue weighted by molar-refractivity contribution is -0.123. The highest BCUT2D eigenvalue weighted by Gasteiger charge is 2.36. The molecular weight excluding hydrogens is 302 g/mol. The fourth-order valence-electron chi connectivity index (χ4n) is 1.81. The van der Waals surface area contributed by atoms with Crippen LogP contribution in [0.15, 0.2) is 22.7 Å². The first-order valence-corrected chi connectivity index (χ1v) is 6.00. The summed E-state index contributed by atoms with van der Waals surface area (Å²) in [7, 11) is 1.40. The summed E-state index contributed by atoms with van der Waals surface area (Å²) in [6.07, 6.45) is 0. The number of ether oxygens (including phenoxy) is 1. The molecule has 18 heavy (non-hydrogen) atoms. The van der Waals surface area contributed by atoms with E-state index in [1.54, 1.807) is 18.2 Å². The van der Waals surface area contributed by atoms with Gasteiger partial charge in [-0.05, 0) is 18.2 Å². The van der Waals surface area contributed by atoms with Crippen LogP contribution in [0.25, 0.3) is 0 Å². The number of carbonyl (C=O) groups is 3. The van der Waals surface area contributed by atoms with E-state index in [9.17, 15) is 14.4 Å². The minimum absolute atomic E-state index is 0.0795. The maximum absolute atomic E-state index is 11.8. The molecule has 0 saturated heterocycles. The number of hydrogen-bond acceptors (Lipinski definition) is 4. The summed E-state index contributed by atoms with van der Waals surface area (Å²) < 4.78 is 5.42. The maximum Gasteiger partial charge on any atom is 0.299 e. The van der Waals surface area contributed by atoms with E-state index in [4.69, 9.17) is 4.74 Å². The van der Waals surface area contributed by atoms with Gasteiger partial charge in [0.2, 0.25) is 0 Å². The van der Waals surface area contributed by atoms with Gasteiger partial charge >= 0.3 is 0 Å². The standard InChI is InChI=1S/C12H10BrNO4/c1-18-6-8(15)5-14-10-3-2-7(13)4-9(10)11(16)12(14)17/h2-4H,5-6H2,1H3. The van der Waals surface area contributed by atoms with Crippen LogP contribution in [0.4, 0.5) is 5.69 Å². The van der Waals surface area contributed by atoms with Gasteiger partial charge in [0.05, 0.1) is 17.8 Å². The molecule has 1 aliphatic heterocycles. The number of halogens is 1. The maximum atomic E-state index is 11.8. The number of fused-ring (bicyclic) bond motifs is 1. The second kappa shape index (κ2) is 4.99. The number of rotatable bonds is 4. The van der Waals surface area contributed by atoms with Crippen LogP contribution in [-0.4, -0.2) is 37.7 Å². The van der Waals surface area contributed by atoms with Crippen LogP contribution in [0.2, 0.25) is 0 Å². The summed E-state index contributed by atoms with van der Waals surface area (Å²) >= 11 is 3.24. The molecule has 0 fully saturated rings. The summed E-state index contributed by atoms with van der Waals surface area (Å²) in [5, 5.41) is 0. The Kier molecular flexibility index (Phi) is 3.58.